The highest BCUT2D eigenvalue weighted by atomic mass is 28.4. The molecule has 1 saturated heterocycles. The number of carbonyl (C=O) groups is 1. The van der Waals surface area contributed by atoms with Crippen LogP contribution in [0.2, 0.25) is 19.1 Å². The van der Waals surface area contributed by atoms with Crippen LogP contribution in [0.15, 0.2) is 0 Å². The predicted octanol–water partition coefficient (Wildman–Crippen LogP) is 4.91. The lowest BCUT2D eigenvalue weighted by atomic mass is 9.95. The van der Waals surface area contributed by atoms with Gasteiger partial charge in [-0.15, -0.1) is 0 Å². The molecular weight excluding hydrogens is 280 g/mol. The van der Waals surface area contributed by atoms with Crippen molar-refractivity contribution in [1.29, 1.82) is 0 Å². The molecule has 1 rings (SSSR count). The molecule has 0 N–H and O–H groups in total. The van der Waals surface area contributed by atoms with E-state index >= 15 is 0 Å². The van der Waals surface area contributed by atoms with Gasteiger partial charge >= 0.3 is 5.97 Å². The monoisotopic (exact) mass is 314 g/mol. The molecule has 2 atom stereocenters. The Morgan fingerprint density at radius 3 is 2.57 bits per heavy atom. The summed E-state index contributed by atoms with van der Waals surface area (Å²) in [5, 5.41) is 0. The summed E-state index contributed by atoms with van der Waals surface area (Å²) in [7, 11) is -1.60. The van der Waals surface area contributed by atoms with Crippen LogP contribution >= 0.6 is 0 Å². The SMILES string of the molecule is CCCCCCC[C@H]1C[C@H](C(=O)OCC)CC[Si](C)(C)O1. The average Bonchev–Trinajstić information content (AvgIpc) is 2.57. The Hall–Kier alpha value is -0.353. The Morgan fingerprint density at radius 2 is 1.90 bits per heavy atom. The topological polar surface area (TPSA) is 35.5 Å². The summed E-state index contributed by atoms with van der Waals surface area (Å²) >= 11 is 0. The molecule has 1 heterocycles. The van der Waals surface area contributed by atoms with E-state index < -0.39 is 8.32 Å². The van der Waals surface area contributed by atoms with Gasteiger partial charge in [0, 0.05) is 6.10 Å². The van der Waals surface area contributed by atoms with E-state index in [4.69, 9.17) is 9.16 Å². The minimum Gasteiger partial charge on any atom is -0.466 e. The summed E-state index contributed by atoms with van der Waals surface area (Å²) in [6, 6.07) is 1.07. The molecule has 1 fully saturated rings. The van der Waals surface area contributed by atoms with E-state index in [9.17, 15) is 4.79 Å². The van der Waals surface area contributed by atoms with Crippen LogP contribution in [0.25, 0.3) is 0 Å². The van der Waals surface area contributed by atoms with Crippen LogP contribution < -0.4 is 0 Å². The second-order valence-electron chi connectivity index (χ2n) is 6.93. The van der Waals surface area contributed by atoms with Gasteiger partial charge < -0.3 is 9.16 Å². The number of ether oxygens (including phenoxy) is 1. The second kappa shape index (κ2) is 9.62. The van der Waals surface area contributed by atoms with Crippen molar-refractivity contribution in [1.82, 2.24) is 0 Å². The first kappa shape index (κ1) is 18.7. The molecule has 0 amide bonds. The minimum absolute atomic E-state index is 0.0104. The maximum absolute atomic E-state index is 12.1. The zero-order chi connectivity index (χ0) is 15.7. The van der Waals surface area contributed by atoms with Gasteiger partial charge in [0.2, 0.25) is 0 Å². The molecular formula is C17H34O3Si. The van der Waals surface area contributed by atoms with Gasteiger partial charge in [-0.2, -0.15) is 0 Å². The molecule has 0 radical (unpaired) electrons. The largest absolute Gasteiger partial charge is 0.466 e. The van der Waals surface area contributed by atoms with Crippen molar-refractivity contribution >= 4 is 14.3 Å². The van der Waals surface area contributed by atoms with Gasteiger partial charge in [-0.3, -0.25) is 4.79 Å². The minimum atomic E-state index is -1.60. The molecule has 0 aliphatic carbocycles. The molecule has 0 aromatic carbocycles. The fraction of sp³-hybridized carbons (Fsp3) is 0.941. The van der Waals surface area contributed by atoms with E-state index in [0.717, 1.165) is 25.3 Å². The van der Waals surface area contributed by atoms with Gasteiger partial charge in [0.15, 0.2) is 8.32 Å². The van der Waals surface area contributed by atoms with Crippen molar-refractivity contribution in [2.75, 3.05) is 6.61 Å². The number of carbonyl (C=O) groups excluding carboxylic acids is 1. The molecule has 1 aliphatic rings. The van der Waals surface area contributed by atoms with Crippen molar-refractivity contribution in [3.63, 3.8) is 0 Å². The first-order chi connectivity index (χ1) is 9.98. The van der Waals surface area contributed by atoms with E-state index in [2.05, 4.69) is 20.0 Å². The summed E-state index contributed by atoms with van der Waals surface area (Å²) in [5.41, 5.74) is 0. The van der Waals surface area contributed by atoms with Crippen molar-refractivity contribution in [2.24, 2.45) is 5.92 Å². The molecule has 0 bridgehead atoms. The van der Waals surface area contributed by atoms with Crippen molar-refractivity contribution in [3.8, 4) is 0 Å². The van der Waals surface area contributed by atoms with E-state index in [1.165, 1.54) is 32.1 Å². The zero-order valence-electron chi connectivity index (χ0n) is 14.5. The average molecular weight is 315 g/mol. The maximum Gasteiger partial charge on any atom is 0.309 e. The van der Waals surface area contributed by atoms with Crippen LogP contribution in [0.5, 0.6) is 0 Å². The van der Waals surface area contributed by atoms with Gasteiger partial charge in [-0.25, -0.2) is 0 Å². The zero-order valence-corrected chi connectivity index (χ0v) is 15.5. The smallest absolute Gasteiger partial charge is 0.309 e. The highest BCUT2D eigenvalue weighted by Crippen LogP contribution is 2.31. The highest BCUT2D eigenvalue weighted by Gasteiger charge is 2.35. The Bertz CT molecular complexity index is 304. The standard InChI is InChI=1S/C17H34O3Si/c1-5-7-8-9-10-11-16-14-15(17(18)19-6-2)12-13-21(3,4)20-16/h15-16H,5-14H2,1-4H3/t15-,16+/m1/s1. The molecule has 1 aliphatic heterocycles. The number of unbranched alkanes of at least 4 members (excludes halogenated alkanes) is 4. The quantitative estimate of drug-likeness (QED) is 0.363. The number of rotatable bonds is 8. The van der Waals surface area contributed by atoms with Crippen LogP contribution in [0, 0.1) is 5.92 Å². The Labute approximate surface area is 131 Å². The van der Waals surface area contributed by atoms with Gasteiger partial charge in [-0.1, -0.05) is 39.0 Å². The summed E-state index contributed by atoms with van der Waals surface area (Å²) in [4.78, 5) is 12.1. The Balaban J connectivity index is 2.48. The van der Waals surface area contributed by atoms with Gasteiger partial charge in [0.05, 0.1) is 12.5 Å². The number of hydrogen-bond donors (Lipinski definition) is 0. The third-order valence-corrected chi connectivity index (χ3v) is 6.84. The molecule has 0 unspecified atom stereocenters. The van der Waals surface area contributed by atoms with Gasteiger partial charge in [-0.05, 0) is 45.3 Å². The van der Waals surface area contributed by atoms with Gasteiger partial charge in [0.1, 0.15) is 0 Å². The van der Waals surface area contributed by atoms with Crippen LogP contribution in [0.1, 0.15) is 65.2 Å². The molecule has 0 saturated carbocycles. The van der Waals surface area contributed by atoms with E-state index in [1.807, 2.05) is 6.92 Å². The normalized spacial score (nSPS) is 25.3. The summed E-state index contributed by atoms with van der Waals surface area (Å²) in [6.45, 7) is 9.18. The second-order valence-corrected chi connectivity index (χ2v) is 11.2. The van der Waals surface area contributed by atoms with E-state index in [-0.39, 0.29) is 18.0 Å². The highest BCUT2D eigenvalue weighted by molar-refractivity contribution is 6.71. The lowest BCUT2D eigenvalue weighted by molar-refractivity contribution is -0.148. The van der Waals surface area contributed by atoms with Gasteiger partial charge in [0.25, 0.3) is 0 Å². The van der Waals surface area contributed by atoms with Crippen molar-refractivity contribution in [2.45, 2.75) is 90.5 Å². The van der Waals surface area contributed by atoms with Crippen LogP contribution in [-0.2, 0) is 14.0 Å². The first-order valence-electron chi connectivity index (χ1n) is 8.83. The summed E-state index contributed by atoms with van der Waals surface area (Å²) in [5.74, 6) is 0.0450. The summed E-state index contributed by atoms with van der Waals surface area (Å²) in [6.07, 6.45) is 9.64. The molecule has 3 nitrogen and oxygen atoms in total. The lowest BCUT2D eigenvalue weighted by Crippen LogP contribution is -2.33. The van der Waals surface area contributed by atoms with Crippen molar-refractivity contribution < 1.29 is 14.0 Å². The third-order valence-electron chi connectivity index (χ3n) is 4.38. The first-order valence-corrected chi connectivity index (χ1v) is 11.9. The molecule has 0 aromatic heterocycles. The fourth-order valence-corrected chi connectivity index (χ4v) is 5.42. The maximum atomic E-state index is 12.1. The Morgan fingerprint density at radius 1 is 1.19 bits per heavy atom. The van der Waals surface area contributed by atoms with Crippen molar-refractivity contribution in [3.05, 3.63) is 0 Å². The number of hydrogen-bond acceptors (Lipinski definition) is 3. The fourth-order valence-electron chi connectivity index (χ4n) is 3.14. The van der Waals surface area contributed by atoms with E-state index in [0.29, 0.717) is 6.61 Å². The van der Waals surface area contributed by atoms with Crippen LogP contribution in [-0.4, -0.2) is 27.0 Å². The molecule has 124 valence electrons. The summed E-state index contributed by atoms with van der Waals surface area (Å²) < 4.78 is 11.6. The molecule has 0 spiro atoms. The van der Waals surface area contributed by atoms with Crippen LogP contribution in [0.4, 0.5) is 0 Å². The third kappa shape index (κ3) is 7.46. The molecule has 21 heavy (non-hydrogen) atoms. The lowest BCUT2D eigenvalue weighted by Gasteiger charge is -2.26. The molecule has 0 aromatic rings. The molecule has 4 heteroatoms. The number of esters is 1. The predicted molar refractivity (Wildman–Crippen MR) is 89.9 cm³/mol. The van der Waals surface area contributed by atoms with E-state index in [1.54, 1.807) is 0 Å². The Kier molecular flexibility index (Phi) is 8.56. The van der Waals surface area contributed by atoms with Crippen LogP contribution in [0.3, 0.4) is 0 Å².